The number of likely N-dealkylation sites (tertiary alicyclic amines) is 1. The van der Waals surface area contributed by atoms with Gasteiger partial charge < -0.3 is 4.90 Å². The van der Waals surface area contributed by atoms with Crippen molar-refractivity contribution in [2.45, 2.75) is 30.8 Å². The number of piperidine rings is 3. The van der Waals surface area contributed by atoms with Crippen molar-refractivity contribution in [2.24, 2.45) is 5.92 Å². The Bertz CT molecular complexity index is 819. The van der Waals surface area contributed by atoms with E-state index in [4.69, 9.17) is 0 Å². The van der Waals surface area contributed by atoms with Crippen LogP contribution in [0.3, 0.4) is 0 Å². The van der Waals surface area contributed by atoms with E-state index in [0.717, 1.165) is 25.9 Å². The lowest BCUT2D eigenvalue weighted by atomic mass is 9.75. The van der Waals surface area contributed by atoms with Crippen LogP contribution < -0.4 is 0 Å². The number of hydrogen-bond acceptors (Lipinski definition) is 3. The third-order valence-corrected chi connectivity index (χ3v) is 6.47. The number of carbonyl (C=O) groups is 1. The molecule has 5 heterocycles. The Morgan fingerprint density at radius 2 is 1.88 bits per heavy atom. The summed E-state index contributed by atoms with van der Waals surface area (Å²) in [5.41, 5.74) is 1.37. The van der Waals surface area contributed by atoms with Crippen LogP contribution in [0.4, 0.5) is 4.39 Å². The summed E-state index contributed by atoms with van der Waals surface area (Å²) < 4.78 is 14.3. The second kappa shape index (κ2) is 6.16. The summed E-state index contributed by atoms with van der Waals surface area (Å²) in [6.07, 6.45) is 5.96. The van der Waals surface area contributed by atoms with E-state index >= 15 is 0 Å². The summed E-state index contributed by atoms with van der Waals surface area (Å²) in [6, 6.07) is 10.9. The van der Waals surface area contributed by atoms with Gasteiger partial charge in [0.15, 0.2) is 0 Å². The highest BCUT2D eigenvalue weighted by Gasteiger charge is 2.54. The van der Waals surface area contributed by atoms with Gasteiger partial charge in [0.05, 0.1) is 11.6 Å². The van der Waals surface area contributed by atoms with E-state index in [1.165, 1.54) is 11.6 Å². The maximum Gasteiger partial charge on any atom is 0.257 e. The number of carbonyl (C=O) groups excluding carboxylic acids is 1. The molecule has 3 unspecified atom stereocenters. The summed E-state index contributed by atoms with van der Waals surface area (Å²) >= 11 is 0. The van der Waals surface area contributed by atoms with Crippen molar-refractivity contribution in [3.8, 4) is 0 Å². The Morgan fingerprint density at radius 1 is 1.08 bits per heavy atom. The summed E-state index contributed by atoms with van der Waals surface area (Å²) in [5.74, 6) is 0.160. The van der Waals surface area contributed by atoms with Crippen molar-refractivity contribution >= 4 is 5.91 Å². The highest BCUT2D eigenvalue weighted by atomic mass is 19.1. The first kappa shape index (κ1) is 15.9. The number of amides is 1. The number of nitrogens with zero attached hydrogens (tertiary/aromatic N) is 3. The Labute approximate surface area is 152 Å². The fraction of sp³-hybridized carbons (Fsp3) is 0.429. The predicted molar refractivity (Wildman–Crippen MR) is 96.3 cm³/mol. The Kier molecular flexibility index (Phi) is 3.78. The molecule has 0 N–H and O–H groups in total. The van der Waals surface area contributed by atoms with Gasteiger partial charge in [-0.3, -0.25) is 14.7 Å². The first-order chi connectivity index (χ1) is 12.7. The van der Waals surface area contributed by atoms with Crippen LogP contribution in [-0.4, -0.2) is 52.4 Å². The zero-order valence-corrected chi connectivity index (χ0v) is 14.6. The topological polar surface area (TPSA) is 36.4 Å². The van der Waals surface area contributed by atoms with Crippen LogP contribution in [-0.2, 0) is 0 Å². The van der Waals surface area contributed by atoms with Crippen molar-refractivity contribution in [1.82, 2.24) is 14.8 Å². The second-order valence-corrected chi connectivity index (χ2v) is 7.68. The molecule has 4 fully saturated rings. The zero-order valence-electron chi connectivity index (χ0n) is 14.6. The lowest BCUT2D eigenvalue weighted by Gasteiger charge is -2.51. The molecule has 1 aromatic carbocycles. The van der Waals surface area contributed by atoms with Crippen molar-refractivity contribution in [3.63, 3.8) is 0 Å². The van der Waals surface area contributed by atoms with E-state index in [0.29, 0.717) is 18.5 Å². The van der Waals surface area contributed by atoms with Crippen LogP contribution in [0.2, 0.25) is 0 Å². The molecular weight excluding hydrogens is 329 g/mol. The van der Waals surface area contributed by atoms with Gasteiger partial charge in [0.2, 0.25) is 0 Å². The lowest BCUT2D eigenvalue weighted by molar-refractivity contribution is -0.00355. The standard InChI is InChI=1S/C21H22FN3O/c22-18-6-2-1-5-16(18)21(26)25-13-17(15-4-3-9-23-12-15)20-19(25)14-7-10-24(20)11-8-14/h1-6,9,12,14,17,19-20H,7-8,10-11,13H2. The van der Waals surface area contributed by atoms with E-state index in [9.17, 15) is 9.18 Å². The number of rotatable bonds is 2. The van der Waals surface area contributed by atoms with Crippen LogP contribution >= 0.6 is 0 Å². The molecule has 4 saturated heterocycles. The van der Waals surface area contributed by atoms with E-state index < -0.39 is 5.82 Å². The van der Waals surface area contributed by atoms with Crippen molar-refractivity contribution in [1.29, 1.82) is 0 Å². The van der Waals surface area contributed by atoms with Gasteiger partial charge in [-0.1, -0.05) is 18.2 Å². The van der Waals surface area contributed by atoms with Crippen LogP contribution in [0.5, 0.6) is 0 Å². The van der Waals surface area contributed by atoms with Crippen LogP contribution in [0.1, 0.15) is 34.7 Å². The second-order valence-electron chi connectivity index (χ2n) is 7.68. The maximum atomic E-state index is 14.3. The van der Waals surface area contributed by atoms with Gasteiger partial charge in [-0.05, 0) is 55.6 Å². The third-order valence-electron chi connectivity index (χ3n) is 6.47. The van der Waals surface area contributed by atoms with Crippen LogP contribution in [0.25, 0.3) is 0 Å². The SMILES string of the molecule is O=C(c1ccccc1F)N1CC(c2cccnc2)C2C1C1CCN2CC1. The molecule has 26 heavy (non-hydrogen) atoms. The van der Waals surface area contributed by atoms with Gasteiger partial charge in [0, 0.05) is 30.9 Å². The molecule has 6 rings (SSSR count). The molecule has 1 aromatic heterocycles. The number of pyridine rings is 1. The monoisotopic (exact) mass is 351 g/mol. The third kappa shape index (κ3) is 2.37. The quantitative estimate of drug-likeness (QED) is 0.835. The molecule has 0 spiro atoms. The Morgan fingerprint density at radius 3 is 2.62 bits per heavy atom. The predicted octanol–water partition coefficient (Wildman–Crippen LogP) is 2.92. The summed E-state index contributed by atoms with van der Waals surface area (Å²) in [5, 5.41) is 0. The minimum Gasteiger partial charge on any atom is -0.333 e. The largest absolute Gasteiger partial charge is 0.333 e. The smallest absolute Gasteiger partial charge is 0.257 e. The van der Waals surface area contributed by atoms with Gasteiger partial charge in [-0.25, -0.2) is 4.39 Å². The summed E-state index contributed by atoms with van der Waals surface area (Å²) in [6.45, 7) is 2.84. The maximum absolute atomic E-state index is 14.3. The average Bonchev–Trinajstić information content (AvgIpc) is 3.12. The Hall–Kier alpha value is -2.27. The minimum absolute atomic E-state index is 0.168. The van der Waals surface area contributed by atoms with E-state index in [-0.39, 0.29) is 23.4 Å². The fourth-order valence-corrected chi connectivity index (χ4v) is 5.33. The molecule has 2 aromatic rings. The number of benzene rings is 1. The molecule has 0 saturated carbocycles. The molecule has 5 heteroatoms. The molecule has 1 amide bonds. The number of aromatic nitrogens is 1. The fourth-order valence-electron chi connectivity index (χ4n) is 5.33. The first-order valence-electron chi connectivity index (χ1n) is 9.43. The highest BCUT2D eigenvalue weighted by molar-refractivity contribution is 5.95. The highest BCUT2D eigenvalue weighted by Crippen LogP contribution is 2.46. The van der Waals surface area contributed by atoms with Gasteiger partial charge >= 0.3 is 0 Å². The molecule has 134 valence electrons. The minimum atomic E-state index is -0.430. The summed E-state index contributed by atoms with van der Waals surface area (Å²) in [4.78, 5) is 22.0. The normalized spacial score (nSPS) is 32.5. The van der Waals surface area contributed by atoms with E-state index in [2.05, 4.69) is 16.0 Å². The van der Waals surface area contributed by atoms with Crippen molar-refractivity contribution < 1.29 is 9.18 Å². The molecule has 0 aliphatic carbocycles. The molecule has 3 atom stereocenters. The van der Waals surface area contributed by atoms with Gasteiger partial charge in [0.25, 0.3) is 5.91 Å². The van der Waals surface area contributed by atoms with Crippen molar-refractivity contribution in [3.05, 3.63) is 65.7 Å². The number of halogens is 1. The molecule has 4 aliphatic rings. The molecule has 2 bridgehead atoms. The van der Waals surface area contributed by atoms with E-state index in [1.54, 1.807) is 24.4 Å². The lowest BCUT2D eigenvalue weighted by Crippen LogP contribution is -2.60. The van der Waals surface area contributed by atoms with Crippen LogP contribution in [0, 0.1) is 11.7 Å². The number of hydrogen-bond donors (Lipinski definition) is 0. The first-order valence-corrected chi connectivity index (χ1v) is 9.43. The number of fused-ring (bicyclic) bond motifs is 2. The van der Waals surface area contributed by atoms with Crippen LogP contribution in [0.15, 0.2) is 48.8 Å². The Balaban J connectivity index is 1.54. The molecule has 4 nitrogen and oxygen atoms in total. The van der Waals surface area contributed by atoms with Crippen molar-refractivity contribution in [2.75, 3.05) is 19.6 Å². The average molecular weight is 351 g/mol. The molecule has 4 aliphatic heterocycles. The van der Waals surface area contributed by atoms with E-state index in [1.807, 2.05) is 17.2 Å². The molecular formula is C21H22FN3O. The summed E-state index contributed by atoms with van der Waals surface area (Å²) in [7, 11) is 0. The zero-order chi connectivity index (χ0) is 17.7. The van der Waals surface area contributed by atoms with Gasteiger partial charge in [0.1, 0.15) is 5.82 Å². The van der Waals surface area contributed by atoms with Gasteiger partial charge in [-0.2, -0.15) is 0 Å². The molecule has 0 radical (unpaired) electrons. The van der Waals surface area contributed by atoms with Gasteiger partial charge in [-0.15, -0.1) is 0 Å².